The molecular weight excluding hydrogens is 256 g/mol. The standard InChI is InChI=1S/C11H14N2O6/c1-19-11(16)7-2-6(10(15)9(14)5-12)3-8(4-7)13(17)18/h2-4,9-10,14-15H,5,12H2,1H3. The molecule has 1 aromatic carbocycles. The minimum absolute atomic E-state index is 0.0209. The molecule has 8 nitrogen and oxygen atoms in total. The minimum Gasteiger partial charge on any atom is -0.465 e. The van der Waals surface area contributed by atoms with Crippen LogP contribution in [0.15, 0.2) is 18.2 Å². The fourth-order valence-electron chi connectivity index (χ4n) is 1.50. The number of aliphatic hydroxyl groups excluding tert-OH is 2. The van der Waals surface area contributed by atoms with Crippen LogP contribution in [0.2, 0.25) is 0 Å². The Labute approximate surface area is 108 Å². The topological polar surface area (TPSA) is 136 Å². The van der Waals surface area contributed by atoms with E-state index >= 15 is 0 Å². The Balaban J connectivity index is 3.27. The Morgan fingerprint density at radius 3 is 2.58 bits per heavy atom. The van der Waals surface area contributed by atoms with Crippen molar-refractivity contribution in [2.45, 2.75) is 12.2 Å². The van der Waals surface area contributed by atoms with Crippen LogP contribution in [0.4, 0.5) is 5.69 Å². The summed E-state index contributed by atoms with van der Waals surface area (Å²) < 4.78 is 4.46. The number of nitrogens with two attached hydrogens (primary N) is 1. The van der Waals surface area contributed by atoms with Crippen LogP contribution in [0.1, 0.15) is 22.0 Å². The third-order valence-corrected chi connectivity index (χ3v) is 2.52. The maximum atomic E-state index is 11.4. The maximum Gasteiger partial charge on any atom is 0.338 e. The van der Waals surface area contributed by atoms with Crippen molar-refractivity contribution < 1.29 is 24.7 Å². The highest BCUT2D eigenvalue weighted by Crippen LogP contribution is 2.24. The van der Waals surface area contributed by atoms with Crippen LogP contribution in [0, 0.1) is 10.1 Å². The van der Waals surface area contributed by atoms with Crippen molar-refractivity contribution in [2.24, 2.45) is 5.73 Å². The summed E-state index contributed by atoms with van der Waals surface area (Å²) >= 11 is 0. The van der Waals surface area contributed by atoms with E-state index in [1.807, 2.05) is 0 Å². The molecule has 19 heavy (non-hydrogen) atoms. The highest BCUT2D eigenvalue weighted by atomic mass is 16.6. The molecule has 8 heteroatoms. The van der Waals surface area contributed by atoms with Gasteiger partial charge in [0.05, 0.1) is 23.7 Å². The second-order valence-corrected chi connectivity index (χ2v) is 3.81. The molecule has 0 aromatic heterocycles. The van der Waals surface area contributed by atoms with E-state index in [4.69, 9.17) is 5.73 Å². The lowest BCUT2D eigenvalue weighted by Crippen LogP contribution is -2.27. The maximum absolute atomic E-state index is 11.4. The quantitative estimate of drug-likeness (QED) is 0.380. The van der Waals surface area contributed by atoms with Gasteiger partial charge in [-0.25, -0.2) is 4.79 Å². The van der Waals surface area contributed by atoms with E-state index in [2.05, 4.69) is 4.74 Å². The van der Waals surface area contributed by atoms with Gasteiger partial charge in [-0.3, -0.25) is 10.1 Å². The first-order valence-electron chi connectivity index (χ1n) is 5.34. The zero-order valence-electron chi connectivity index (χ0n) is 10.1. The second-order valence-electron chi connectivity index (χ2n) is 3.81. The second kappa shape index (κ2) is 6.23. The van der Waals surface area contributed by atoms with Gasteiger partial charge in [-0.05, 0) is 11.6 Å². The van der Waals surface area contributed by atoms with E-state index in [1.165, 1.54) is 6.07 Å². The summed E-state index contributed by atoms with van der Waals surface area (Å²) in [6.45, 7) is -0.225. The van der Waals surface area contributed by atoms with Crippen LogP contribution in [0.5, 0.6) is 0 Å². The molecule has 0 aliphatic carbocycles. The van der Waals surface area contributed by atoms with E-state index in [0.717, 1.165) is 19.2 Å². The molecule has 0 fully saturated rings. The molecular formula is C11H14N2O6. The minimum atomic E-state index is -1.42. The molecule has 0 aliphatic heterocycles. The fraction of sp³-hybridized carbons (Fsp3) is 0.364. The van der Waals surface area contributed by atoms with Gasteiger partial charge in [0.1, 0.15) is 6.10 Å². The summed E-state index contributed by atoms with van der Waals surface area (Å²) in [5, 5.41) is 30.0. The van der Waals surface area contributed by atoms with E-state index in [9.17, 15) is 25.1 Å². The van der Waals surface area contributed by atoms with E-state index < -0.39 is 23.1 Å². The van der Waals surface area contributed by atoms with Crippen molar-refractivity contribution in [2.75, 3.05) is 13.7 Å². The number of non-ortho nitro benzene ring substituents is 1. The molecule has 0 amide bonds. The fourth-order valence-corrected chi connectivity index (χ4v) is 1.50. The van der Waals surface area contributed by atoms with Crippen molar-refractivity contribution in [1.29, 1.82) is 0 Å². The molecule has 1 rings (SSSR count). The number of ether oxygens (including phenoxy) is 1. The van der Waals surface area contributed by atoms with E-state index in [-0.39, 0.29) is 23.4 Å². The van der Waals surface area contributed by atoms with Crippen LogP contribution < -0.4 is 5.73 Å². The molecule has 0 bridgehead atoms. The molecule has 4 N–H and O–H groups in total. The molecule has 0 spiro atoms. The Bertz CT molecular complexity index is 490. The molecule has 0 heterocycles. The Morgan fingerprint density at radius 1 is 1.47 bits per heavy atom. The van der Waals surface area contributed by atoms with Crippen molar-refractivity contribution in [1.82, 2.24) is 0 Å². The van der Waals surface area contributed by atoms with Gasteiger partial charge in [0, 0.05) is 18.7 Å². The number of esters is 1. The predicted octanol–water partition coefficient (Wildman–Crippen LogP) is -0.266. The highest BCUT2D eigenvalue weighted by molar-refractivity contribution is 5.90. The SMILES string of the molecule is COC(=O)c1cc(C(O)C(O)CN)cc([N+](=O)[O-])c1. The lowest BCUT2D eigenvalue weighted by atomic mass is 10.0. The zero-order chi connectivity index (χ0) is 14.6. The summed E-state index contributed by atoms with van der Waals surface area (Å²) in [7, 11) is 1.13. The molecule has 0 saturated carbocycles. The number of carbonyl (C=O) groups is 1. The largest absolute Gasteiger partial charge is 0.465 e. The predicted molar refractivity (Wildman–Crippen MR) is 64.5 cm³/mol. The van der Waals surface area contributed by atoms with Gasteiger partial charge in [-0.1, -0.05) is 0 Å². The average Bonchev–Trinajstić information content (AvgIpc) is 2.43. The monoisotopic (exact) mass is 270 g/mol. The molecule has 0 radical (unpaired) electrons. The Hall–Kier alpha value is -2.03. The number of rotatable bonds is 5. The van der Waals surface area contributed by atoms with Crippen LogP contribution in [0.3, 0.4) is 0 Å². The first-order chi connectivity index (χ1) is 8.90. The normalized spacial score (nSPS) is 13.7. The summed E-state index contributed by atoms with van der Waals surface area (Å²) in [4.78, 5) is 21.4. The molecule has 1 aromatic rings. The smallest absolute Gasteiger partial charge is 0.338 e. The summed E-state index contributed by atoms with van der Waals surface area (Å²) in [5.74, 6) is -0.778. The summed E-state index contributed by atoms with van der Waals surface area (Å²) in [5.41, 5.74) is 4.74. The van der Waals surface area contributed by atoms with E-state index in [1.54, 1.807) is 0 Å². The van der Waals surface area contributed by atoms with Crippen LogP contribution >= 0.6 is 0 Å². The lowest BCUT2D eigenvalue weighted by molar-refractivity contribution is -0.385. The van der Waals surface area contributed by atoms with Gasteiger partial charge in [0.15, 0.2) is 0 Å². The van der Waals surface area contributed by atoms with Crippen LogP contribution in [0.25, 0.3) is 0 Å². The molecule has 2 atom stereocenters. The van der Waals surface area contributed by atoms with Crippen molar-refractivity contribution >= 4 is 11.7 Å². The molecule has 0 saturated heterocycles. The zero-order valence-corrected chi connectivity index (χ0v) is 10.1. The number of nitrogens with zero attached hydrogens (tertiary/aromatic N) is 1. The lowest BCUT2D eigenvalue weighted by Gasteiger charge is -2.16. The molecule has 2 unspecified atom stereocenters. The molecule has 104 valence electrons. The number of aliphatic hydroxyl groups is 2. The van der Waals surface area contributed by atoms with E-state index in [0.29, 0.717) is 0 Å². The van der Waals surface area contributed by atoms with Gasteiger partial charge >= 0.3 is 5.97 Å². The number of nitro benzene ring substituents is 1. The first kappa shape index (κ1) is 15.0. The van der Waals surface area contributed by atoms with Crippen LogP contribution in [-0.4, -0.2) is 40.9 Å². The number of hydrogen-bond donors (Lipinski definition) is 3. The van der Waals surface area contributed by atoms with Crippen molar-refractivity contribution in [3.63, 3.8) is 0 Å². The number of benzene rings is 1. The Morgan fingerprint density at radius 2 is 2.11 bits per heavy atom. The number of nitro groups is 1. The van der Waals surface area contributed by atoms with Crippen molar-refractivity contribution in [3.8, 4) is 0 Å². The van der Waals surface area contributed by atoms with Gasteiger partial charge in [0.25, 0.3) is 5.69 Å². The van der Waals surface area contributed by atoms with Gasteiger partial charge in [0.2, 0.25) is 0 Å². The van der Waals surface area contributed by atoms with Crippen molar-refractivity contribution in [3.05, 3.63) is 39.4 Å². The van der Waals surface area contributed by atoms with Crippen LogP contribution in [-0.2, 0) is 4.74 Å². The first-order valence-corrected chi connectivity index (χ1v) is 5.34. The van der Waals surface area contributed by atoms with Gasteiger partial charge < -0.3 is 20.7 Å². The third-order valence-electron chi connectivity index (χ3n) is 2.52. The number of hydrogen-bond acceptors (Lipinski definition) is 7. The molecule has 0 aliphatic rings. The summed E-state index contributed by atoms with van der Waals surface area (Å²) in [6.07, 6.45) is -2.71. The highest BCUT2D eigenvalue weighted by Gasteiger charge is 2.22. The summed E-state index contributed by atoms with van der Waals surface area (Å²) in [6, 6.07) is 3.30. The Kier molecular flexibility index (Phi) is 4.93. The third kappa shape index (κ3) is 3.47. The number of carbonyl (C=O) groups excluding carboxylic acids is 1. The number of methoxy groups -OCH3 is 1. The van der Waals surface area contributed by atoms with Gasteiger partial charge in [-0.2, -0.15) is 0 Å². The van der Waals surface area contributed by atoms with Gasteiger partial charge in [-0.15, -0.1) is 0 Å². The average molecular weight is 270 g/mol.